The van der Waals surface area contributed by atoms with Crippen LogP contribution in [0.5, 0.6) is 0 Å². The Hall–Kier alpha value is -1.95. The fourth-order valence-electron chi connectivity index (χ4n) is 2.34. The summed E-state index contributed by atoms with van der Waals surface area (Å²) in [6.07, 6.45) is 1.89. The topological polar surface area (TPSA) is 49.8 Å². The molecule has 0 bridgehead atoms. The van der Waals surface area contributed by atoms with Crippen LogP contribution in [0.3, 0.4) is 0 Å². The lowest BCUT2D eigenvalue weighted by Gasteiger charge is -2.38. The number of nitrogens with zero attached hydrogens (tertiary/aromatic N) is 1. The minimum Gasteiger partial charge on any atom is -0.478 e. The Morgan fingerprint density at radius 3 is 2.57 bits per heavy atom. The molecule has 1 aromatic carbocycles. The summed E-state index contributed by atoms with van der Waals surface area (Å²) in [6, 6.07) is 2.13. The van der Waals surface area contributed by atoms with Gasteiger partial charge in [-0.15, -0.1) is 0 Å². The maximum atomic E-state index is 14.2. The number of rotatable bonds is 3. The first-order chi connectivity index (χ1) is 9.88. The number of ether oxygens (including phenoxy) is 1. The molecule has 21 heavy (non-hydrogen) atoms. The second kappa shape index (κ2) is 6.22. The summed E-state index contributed by atoms with van der Waals surface area (Å²) in [5.41, 5.74) is 0.0789. The van der Waals surface area contributed by atoms with Crippen LogP contribution in [-0.4, -0.2) is 36.4 Å². The number of hydrogen-bond donors (Lipinski definition) is 1. The molecule has 0 aromatic heterocycles. The molecule has 2 unspecified atom stereocenters. The number of aliphatic carboxylic acids is 1. The second-order valence-electron chi connectivity index (χ2n) is 5.15. The van der Waals surface area contributed by atoms with E-state index in [2.05, 4.69) is 0 Å². The van der Waals surface area contributed by atoms with Crippen LogP contribution in [0, 0.1) is 11.6 Å². The van der Waals surface area contributed by atoms with E-state index in [1.807, 2.05) is 13.8 Å². The highest BCUT2D eigenvalue weighted by Gasteiger charge is 2.28. The minimum atomic E-state index is -1.17. The van der Waals surface area contributed by atoms with E-state index in [1.165, 1.54) is 0 Å². The summed E-state index contributed by atoms with van der Waals surface area (Å²) in [4.78, 5) is 12.1. The van der Waals surface area contributed by atoms with E-state index in [-0.39, 0.29) is 23.4 Å². The summed E-state index contributed by atoms with van der Waals surface area (Å²) >= 11 is 0. The molecule has 0 saturated carbocycles. The molecule has 2 rings (SSSR count). The van der Waals surface area contributed by atoms with Gasteiger partial charge < -0.3 is 14.7 Å². The zero-order valence-corrected chi connectivity index (χ0v) is 11.8. The van der Waals surface area contributed by atoms with E-state index in [4.69, 9.17) is 9.84 Å². The zero-order valence-electron chi connectivity index (χ0n) is 11.8. The van der Waals surface area contributed by atoms with Gasteiger partial charge in [-0.25, -0.2) is 13.6 Å². The largest absolute Gasteiger partial charge is 0.478 e. The number of carbonyl (C=O) groups is 1. The molecule has 1 fully saturated rings. The van der Waals surface area contributed by atoms with Crippen LogP contribution >= 0.6 is 0 Å². The van der Waals surface area contributed by atoms with Crippen molar-refractivity contribution in [3.63, 3.8) is 0 Å². The Kier molecular flexibility index (Phi) is 4.57. The lowest BCUT2D eigenvalue weighted by atomic mass is 10.1. The van der Waals surface area contributed by atoms with Crippen LogP contribution in [0.2, 0.25) is 0 Å². The molecule has 1 N–H and O–H groups in total. The lowest BCUT2D eigenvalue weighted by Crippen LogP contribution is -2.48. The Balaban J connectivity index is 2.34. The predicted molar refractivity (Wildman–Crippen MR) is 75.2 cm³/mol. The molecular weight excluding hydrogens is 280 g/mol. The van der Waals surface area contributed by atoms with Crippen molar-refractivity contribution in [3.05, 3.63) is 35.4 Å². The standard InChI is InChI=1S/C15H17F2NO3/c1-9-8-21-10(2)7-18(9)15-12(16)5-11(6-13(15)17)3-4-14(19)20/h3-6,9-10H,7-8H2,1-2H3,(H,19,20). The van der Waals surface area contributed by atoms with Crippen molar-refractivity contribution in [2.75, 3.05) is 18.1 Å². The first kappa shape index (κ1) is 15.4. The Bertz CT molecular complexity index is 551. The van der Waals surface area contributed by atoms with Gasteiger partial charge >= 0.3 is 5.97 Å². The summed E-state index contributed by atoms with van der Waals surface area (Å²) in [7, 11) is 0. The third-order valence-electron chi connectivity index (χ3n) is 3.35. The molecule has 0 aliphatic carbocycles. The van der Waals surface area contributed by atoms with Gasteiger partial charge in [0, 0.05) is 18.7 Å². The van der Waals surface area contributed by atoms with E-state index < -0.39 is 17.6 Å². The molecule has 114 valence electrons. The maximum Gasteiger partial charge on any atom is 0.328 e. The van der Waals surface area contributed by atoms with Crippen LogP contribution in [0.1, 0.15) is 19.4 Å². The van der Waals surface area contributed by atoms with E-state index in [0.717, 1.165) is 24.3 Å². The molecule has 6 heteroatoms. The van der Waals surface area contributed by atoms with E-state index in [0.29, 0.717) is 13.2 Å². The summed E-state index contributed by atoms with van der Waals surface area (Å²) in [5, 5.41) is 8.54. The molecule has 0 radical (unpaired) electrons. The highest BCUT2D eigenvalue weighted by Crippen LogP contribution is 2.29. The van der Waals surface area contributed by atoms with Gasteiger partial charge in [-0.05, 0) is 37.6 Å². The second-order valence-corrected chi connectivity index (χ2v) is 5.15. The van der Waals surface area contributed by atoms with Crippen molar-refractivity contribution in [3.8, 4) is 0 Å². The quantitative estimate of drug-likeness (QED) is 0.872. The number of carboxylic acid groups (broad SMARTS) is 1. The van der Waals surface area contributed by atoms with Gasteiger partial charge in [0.05, 0.1) is 12.7 Å². The van der Waals surface area contributed by atoms with Crippen molar-refractivity contribution < 1.29 is 23.4 Å². The number of morpholine rings is 1. The van der Waals surface area contributed by atoms with E-state index in [9.17, 15) is 13.6 Å². The van der Waals surface area contributed by atoms with Crippen LogP contribution < -0.4 is 4.90 Å². The fourth-order valence-corrected chi connectivity index (χ4v) is 2.34. The molecule has 1 heterocycles. The third-order valence-corrected chi connectivity index (χ3v) is 3.35. The maximum absolute atomic E-state index is 14.2. The highest BCUT2D eigenvalue weighted by molar-refractivity contribution is 5.85. The van der Waals surface area contributed by atoms with Crippen LogP contribution in [0.25, 0.3) is 6.08 Å². The van der Waals surface area contributed by atoms with Gasteiger partial charge in [-0.3, -0.25) is 0 Å². The number of anilines is 1. The molecule has 1 aromatic rings. The van der Waals surface area contributed by atoms with Gasteiger partial charge in [0.15, 0.2) is 0 Å². The fraction of sp³-hybridized carbons (Fsp3) is 0.400. The summed E-state index contributed by atoms with van der Waals surface area (Å²) < 4.78 is 33.9. The Morgan fingerprint density at radius 2 is 2.00 bits per heavy atom. The molecular formula is C15H17F2NO3. The molecule has 1 aliphatic heterocycles. The number of benzene rings is 1. The van der Waals surface area contributed by atoms with E-state index in [1.54, 1.807) is 4.90 Å². The van der Waals surface area contributed by atoms with Gasteiger partial charge in [-0.2, -0.15) is 0 Å². The van der Waals surface area contributed by atoms with Crippen molar-refractivity contribution in [2.24, 2.45) is 0 Å². The number of halogens is 2. The lowest BCUT2D eigenvalue weighted by molar-refractivity contribution is -0.131. The SMILES string of the molecule is CC1CN(c2c(F)cc(C=CC(=O)O)cc2F)C(C)CO1. The Labute approximate surface area is 121 Å². The predicted octanol–water partition coefficient (Wildman–Crippen LogP) is 2.68. The molecule has 0 spiro atoms. The first-order valence-electron chi connectivity index (χ1n) is 6.66. The minimum absolute atomic E-state index is 0.0925. The average molecular weight is 297 g/mol. The summed E-state index contributed by atoms with van der Waals surface area (Å²) in [5.74, 6) is -2.59. The highest BCUT2D eigenvalue weighted by atomic mass is 19.1. The van der Waals surface area contributed by atoms with Crippen molar-refractivity contribution >= 4 is 17.7 Å². The van der Waals surface area contributed by atoms with Crippen LogP contribution in [0.4, 0.5) is 14.5 Å². The smallest absolute Gasteiger partial charge is 0.328 e. The van der Waals surface area contributed by atoms with Crippen LogP contribution in [-0.2, 0) is 9.53 Å². The first-order valence-corrected chi connectivity index (χ1v) is 6.66. The molecule has 1 saturated heterocycles. The Morgan fingerprint density at radius 1 is 1.38 bits per heavy atom. The summed E-state index contributed by atoms with van der Waals surface area (Å²) in [6.45, 7) is 4.49. The van der Waals surface area contributed by atoms with Crippen molar-refractivity contribution in [1.29, 1.82) is 0 Å². The normalized spacial score (nSPS) is 22.8. The monoisotopic (exact) mass is 297 g/mol. The molecule has 1 aliphatic rings. The van der Waals surface area contributed by atoms with Gasteiger partial charge in [0.2, 0.25) is 0 Å². The number of hydrogen-bond acceptors (Lipinski definition) is 3. The van der Waals surface area contributed by atoms with Crippen LogP contribution in [0.15, 0.2) is 18.2 Å². The molecule has 2 atom stereocenters. The molecule has 4 nitrogen and oxygen atoms in total. The average Bonchev–Trinajstić information content (AvgIpc) is 2.39. The number of carboxylic acids is 1. The van der Waals surface area contributed by atoms with Gasteiger partial charge in [-0.1, -0.05) is 0 Å². The van der Waals surface area contributed by atoms with Gasteiger partial charge in [0.1, 0.15) is 17.3 Å². The zero-order chi connectivity index (χ0) is 15.6. The van der Waals surface area contributed by atoms with Gasteiger partial charge in [0.25, 0.3) is 0 Å². The van der Waals surface area contributed by atoms with Crippen molar-refractivity contribution in [1.82, 2.24) is 0 Å². The molecule has 0 amide bonds. The van der Waals surface area contributed by atoms with Crippen molar-refractivity contribution in [2.45, 2.75) is 26.0 Å². The third kappa shape index (κ3) is 3.58. The van der Waals surface area contributed by atoms with E-state index >= 15 is 0 Å².